The molecule has 0 saturated carbocycles. The van der Waals surface area contributed by atoms with Crippen LogP contribution >= 0.6 is 0 Å². The molecule has 0 heterocycles. The molecule has 0 saturated heterocycles. The first kappa shape index (κ1) is 22.0. The summed E-state index contributed by atoms with van der Waals surface area (Å²) >= 11 is 0. The van der Waals surface area contributed by atoms with Gasteiger partial charge in [-0.3, -0.25) is 0 Å². The lowest BCUT2D eigenvalue weighted by Gasteiger charge is -2.42. The Balaban J connectivity index is 5.09. The van der Waals surface area contributed by atoms with Gasteiger partial charge in [-0.25, -0.2) is 0 Å². The highest BCUT2D eigenvalue weighted by Gasteiger charge is 2.42. The predicted molar refractivity (Wildman–Crippen MR) is 106 cm³/mol. The van der Waals surface area contributed by atoms with Crippen LogP contribution in [0.1, 0.15) is 66.7 Å². The first-order chi connectivity index (χ1) is 10.5. The molecule has 1 unspecified atom stereocenters. The molecule has 130 valence electrons. The molecule has 0 N–H and O–H groups in total. The predicted octanol–water partition coefficient (Wildman–Crippen LogP) is 6.18. The summed E-state index contributed by atoms with van der Waals surface area (Å²) in [5.74, 6) is 9.42. The molecule has 23 heavy (non-hydrogen) atoms. The summed E-state index contributed by atoms with van der Waals surface area (Å²) < 4.78 is 6.63. The Morgan fingerprint density at radius 1 is 1.13 bits per heavy atom. The molecular weight excluding hydrogens is 296 g/mol. The van der Waals surface area contributed by atoms with Gasteiger partial charge in [-0.05, 0) is 37.4 Å². The Labute approximate surface area is 146 Å². The Hall–Kier alpha value is -0.963. The van der Waals surface area contributed by atoms with Crippen molar-refractivity contribution in [3.05, 3.63) is 12.7 Å². The standard InChI is InChI=1S/C21H36OSi/c1-10-12-13-14-15-16-17-19(21(6,7)18-11-2)22-23(8,9)20(3,4)5/h1,11,19H,2,12-15,18H2,3-9H3. The zero-order chi connectivity index (χ0) is 18.1. The molecule has 1 nitrogen and oxygen atoms in total. The fourth-order valence-corrected chi connectivity index (χ4v) is 3.26. The van der Waals surface area contributed by atoms with Gasteiger partial charge >= 0.3 is 0 Å². The van der Waals surface area contributed by atoms with Crippen LogP contribution in [0.2, 0.25) is 18.1 Å². The molecule has 0 aromatic carbocycles. The van der Waals surface area contributed by atoms with E-state index in [2.05, 4.69) is 72.1 Å². The number of allylic oxidation sites excluding steroid dienone is 1. The Bertz CT molecular complexity index is 463. The van der Waals surface area contributed by atoms with Crippen LogP contribution in [-0.2, 0) is 4.43 Å². The van der Waals surface area contributed by atoms with Crippen LogP contribution in [0.25, 0.3) is 0 Å². The second-order valence-corrected chi connectivity index (χ2v) is 13.2. The molecule has 2 heteroatoms. The molecule has 0 aliphatic heterocycles. The van der Waals surface area contributed by atoms with E-state index in [0.29, 0.717) is 0 Å². The van der Waals surface area contributed by atoms with E-state index in [-0.39, 0.29) is 16.6 Å². The molecule has 0 rings (SSSR count). The highest BCUT2D eigenvalue weighted by molar-refractivity contribution is 6.74. The second-order valence-electron chi connectivity index (χ2n) is 8.47. The minimum absolute atomic E-state index is 0.0247. The smallest absolute Gasteiger partial charge is 0.193 e. The number of rotatable bonds is 8. The topological polar surface area (TPSA) is 9.23 Å². The quantitative estimate of drug-likeness (QED) is 0.223. The van der Waals surface area contributed by atoms with Gasteiger partial charge in [0.2, 0.25) is 0 Å². The van der Waals surface area contributed by atoms with Crippen LogP contribution in [0.5, 0.6) is 0 Å². The molecule has 0 aliphatic rings. The molecule has 0 amide bonds. The zero-order valence-corrected chi connectivity index (χ0v) is 17.4. The van der Waals surface area contributed by atoms with Gasteiger partial charge in [0.05, 0.1) is 0 Å². The van der Waals surface area contributed by atoms with E-state index < -0.39 is 8.32 Å². The monoisotopic (exact) mass is 332 g/mol. The number of hydrogen-bond donors (Lipinski definition) is 0. The minimum Gasteiger partial charge on any atom is -0.403 e. The van der Waals surface area contributed by atoms with Gasteiger partial charge in [0.15, 0.2) is 8.32 Å². The lowest BCUT2D eigenvalue weighted by atomic mass is 9.83. The van der Waals surface area contributed by atoms with E-state index in [1.54, 1.807) is 0 Å². The summed E-state index contributed by atoms with van der Waals surface area (Å²) in [6.07, 6.45) is 11.9. The molecule has 0 spiro atoms. The van der Waals surface area contributed by atoms with Gasteiger partial charge in [-0.15, -0.1) is 24.8 Å². The van der Waals surface area contributed by atoms with Gasteiger partial charge in [0.1, 0.15) is 6.10 Å². The third-order valence-electron chi connectivity index (χ3n) is 4.70. The van der Waals surface area contributed by atoms with E-state index in [4.69, 9.17) is 10.8 Å². The van der Waals surface area contributed by atoms with Crippen LogP contribution in [0, 0.1) is 29.6 Å². The van der Waals surface area contributed by atoms with Crippen molar-refractivity contribution in [1.82, 2.24) is 0 Å². The van der Waals surface area contributed by atoms with Gasteiger partial charge in [-0.1, -0.05) is 46.6 Å². The SMILES string of the molecule is C#CCCCCC#CC(O[Si](C)(C)C(C)(C)C)C(C)(C)CC=C. The van der Waals surface area contributed by atoms with Crippen LogP contribution in [-0.4, -0.2) is 14.4 Å². The normalized spacial score (nSPS) is 13.7. The molecule has 0 aromatic rings. The van der Waals surface area contributed by atoms with Gasteiger partial charge in [-0.2, -0.15) is 0 Å². The first-order valence-corrected chi connectivity index (χ1v) is 11.6. The fraction of sp³-hybridized carbons (Fsp3) is 0.714. The first-order valence-electron chi connectivity index (χ1n) is 8.68. The molecule has 1 atom stereocenters. The summed E-state index contributed by atoms with van der Waals surface area (Å²) in [6.45, 7) is 19.7. The highest BCUT2D eigenvalue weighted by atomic mass is 28.4. The lowest BCUT2D eigenvalue weighted by Crippen LogP contribution is -2.47. The van der Waals surface area contributed by atoms with Crippen molar-refractivity contribution >= 4 is 8.32 Å². The summed E-state index contributed by atoms with van der Waals surface area (Å²) in [4.78, 5) is 0. The van der Waals surface area contributed by atoms with E-state index in [0.717, 1.165) is 32.1 Å². The van der Waals surface area contributed by atoms with Crippen molar-refractivity contribution < 1.29 is 4.43 Å². The van der Waals surface area contributed by atoms with Crippen LogP contribution in [0.3, 0.4) is 0 Å². The minimum atomic E-state index is -1.85. The lowest BCUT2D eigenvalue weighted by molar-refractivity contribution is 0.109. The second kappa shape index (κ2) is 9.36. The van der Waals surface area contributed by atoms with Crippen molar-refractivity contribution in [1.29, 1.82) is 0 Å². The Morgan fingerprint density at radius 3 is 2.17 bits per heavy atom. The summed E-state index contributed by atoms with van der Waals surface area (Å²) in [5.41, 5.74) is -0.0247. The average Bonchev–Trinajstić information content (AvgIpc) is 2.39. The summed E-state index contributed by atoms with van der Waals surface area (Å²) in [5, 5.41) is 0.185. The van der Waals surface area contributed by atoms with Gasteiger partial charge < -0.3 is 4.43 Å². The van der Waals surface area contributed by atoms with Crippen molar-refractivity contribution in [2.24, 2.45) is 5.41 Å². The van der Waals surface area contributed by atoms with Gasteiger partial charge in [0, 0.05) is 18.3 Å². The number of terminal acetylenes is 1. The largest absolute Gasteiger partial charge is 0.403 e. The fourth-order valence-electron chi connectivity index (χ4n) is 1.94. The third kappa shape index (κ3) is 7.91. The highest BCUT2D eigenvalue weighted by Crippen LogP contribution is 2.40. The maximum Gasteiger partial charge on any atom is 0.193 e. The van der Waals surface area contributed by atoms with E-state index in [1.165, 1.54) is 0 Å². The van der Waals surface area contributed by atoms with Crippen molar-refractivity contribution in [2.75, 3.05) is 0 Å². The Morgan fingerprint density at radius 2 is 1.70 bits per heavy atom. The average molecular weight is 333 g/mol. The third-order valence-corrected chi connectivity index (χ3v) is 9.14. The van der Waals surface area contributed by atoms with Crippen molar-refractivity contribution in [3.8, 4) is 24.2 Å². The molecule has 0 fully saturated rings. The Kier molecular flexibility index (Phi) is 8.97. The van der Waals surface area contributed by atoms with Gasteiger partial charge in [0.25, 0.3) is 0 Å². The zero-order valence-electron chi connectivity index (χ0n) is 16.4. The maximum atomic E-state index is 6.63. The van der Waals surface area contributed by atoms with Crippen molar-refractivity contribution in [3.63, 3.8) is 0 Å². The molecule has 0 aromatic heterocycles. The summed E-state index contributed by atoms with van der Waals surface area (Å²) in [6, 6.07) is 0. The number of hydrogen-bond acceptors (Lipinski definition) is 1. The molecule has 0 aliphatic carbocycles. The van der Waals surface area contributed by atoms with E-state index in [1.807, 2.05) is 6.08 Å². The van der Waals surface area contributed by atoms with Crippen LogP contribution < -0.4 is 0 Å². The van der Waals surface area contributed by atoms with E-state index in [9.17, 15) is 0 Å². The van der Waals surface area contributed by atoms with Crippen molar-refractivity contribution in [2.45, 2.75) is 91.0 Å². The summed E-state index contributed by atoms with van der Waals surface area (Å²) in [7, 11) is -1.85. The molecule has 0 bridgehead atoms. The number of unbranched alkanes of at least 4 members (excludes halogenated alkanes) is 3. The van der Waals surface area contributed by atoms with E-state index >= 15 is 0 Å². The maximum absolute atomic E-state index is 6.63. The molecule has 0 radical (unpaired) electrons. The molecular formula is C21H36OSi. The van der Waals surface area contributed by atoms with Crippen LogP contribution in [0.15, 0.2) is 12.7 Å². The van der Waals surface area contributed by atoms with Crippen LogP contribution in [0.4, 0.5) is 0 Å².